The molecule has 0 unspecified atom stereocenters. The van der Waals surface area contributed by atoms with Crippen LogP contribution in [0.1, 0.15) is 54.4 Å². The van der Waals surface area contributed by atoms with Crippen molar-refractivity contribution in [1.29, 1.82) is 0 Å². The van der Waals surface area contributed by atoms with Crippen LogP contribution in [0.15, 0.2) is 0 Å². The van der Waals surface area contributed by atoms with Crippen LogP contribution in [0.3, 0.4) is 0 Å². The number of hydrogen-bond acceptors (Lipinski definition) is 2. The first kappa shape index (κ1) is 25.7. The van der Waals surface area contributed by atoms with Crippen LogP contribution in [0.4, 0.5) is 0 Å². The molecule has 4 heteroatoms. The van der Waals surface area contributed by atoms with Gasteiger partial charge in [-0.25, -0.2) is 0 Å². The highest BCUT2D eigenvalue weighted by molar-refractivity contribution is 6.87. The second-order valence-electron chi connectivity index (χ2n) is 6.16. The molecular formula is C20H40O2Si2. The molecule has 0 saturated heterocycles. The number of aliphatic hydroxyl groups excluding tert-OH is 1. The molecule has 0 saturated carbocycles. The standard InChI is InChI=1S/C16H34OSi2.C4H6O/c1-7-18(8-2,9-3)16-14-13-15-17-19(10-4,11-5)12-6;1-2-3-4-5/h7-13,15H2,1-6H3;1,5H,3-4H2. The van der Waals surface area contributed by atoms with Gasteiger partial charge in [0, 0.05) is 19.4 Å². The van der Waals surface area contributed by atoms with Crippen LogP contribution in [0.25, 0.3) is 0 Å². The molecule has 0 bridgehead atoms. The summed E-state index contributed by atoms with van der Waals surface area (Å²) in [7, 11) is -2.64. The Hall–Kier alpha value is -0.526. The van der Waals surface area contributed by atoms with Gasteiger partial charge in [0.05, 0.1) is 6.61 Å². The molecular weight excluding hydrogens is 328 g/mol. The van der Waals surface area contributed by atoms with Crippen LogP contribution >= 0.6 is 0 Å². The quantitative estimate of drug-likeness (QED) is 0.315. The third-order valence-corrected chi connectivity index (χ3v) is 14.7. The molecule has 1 N–H and O–H groups in total. The normalized spacial score (nSPS) is 10.9. The summed E-state index contributed by atoms with van der Waals surface area (Å²) >= 11 is 0. The Morgan fingerprint density at radius 2 is 1.33 bits per heavy atom. The Balaban J connectivity index is 0. The lowest BCUT2D eigenvalue weighted by Crippen LogP contribution is -2.36. The lowest BCUT2D eigenvalue weighted by atomic mass is 10.5. The first-order valence-corrected chi connectivity index (χ1v) is 14.8. The maximum atomic E-state index is 7.92. The molecule has 0 aromatic carbocycles. The number of aliphatic hydroxyl groups is 1. The van der Waals surface area contributed by atoms with Gasteiger partial charge in [0.15, 0.2) is 8.32 Å². The molecule has 0 aliphatic heterocycles. The molecule has 0 heterocycles. The van der Waals surface area contributed by atoms with Crippen LogP contribution in [0, 0.1) is 23.8 Å². The van der Waals surface area contributed by atoms with Gasteiger partial charge in [0.1, 0.15) is 8.07 Å². The topological polar surface area (TPSA) is 29.5 Å². The van der Waals surface area contributed by atoms with Crippen molar-refractivity contribution in [3.8, 4) is 23.8 Å². The van der Waals surface area contributed by atoms with Gasteiger partial charge in [0.2, 0.25) is 0 Å². The summed E-state index contributed by atoms with van der Waals surface area (Å²) in [6.45, 7) is 14.8. The maximum absolute atomic E-state index is 7.92. The fraction of sp³-hybridized carbons (Fsp3) is 0.800. The third kappa shape index (κ3) is 10.4. The summed E-state index contributed by atoms with van der Waals surface area (Å²) in [5, 5.41) is 7.92. The molecule has 0 atom stereocenters. The SMILES string of the molecule is C#CCCO.CC[Si](C#CCCO[Si](CC)(CC)CC)(CC)CC. The van der Waals surface area contributed by atoms with E-state index in [-0.39, 0.29) is 6.61 Å². The summed E-state index contributed by atoms with van der Waals surface area (Å²) in [5.41, 5.74) is 3.65. The van der Waals surface area contributed by atoms with Gasteiger partial charge >= 0.3 is 0 Å². The predicted molar refractivity (Wildman–Crippen MR) is 113 cm³/mol. The second kappa shape index (κ2) is 16.0. The van der Waals surface area contributed by atoms with Gasteiger partial charge in [-0.1, -0.05) is 41.5 Å². The Bertz CT molecular complexity index is 366. The molecule has 0 aromatic heterocycles. The van der Waals surface area contributed by atoms with E-state index in [9.17, 15) is 0 Å². The minimum atomic E-state index is -1.39. The van der Waals surface area contributed by atoms with Gasteiger partial charge in [-0.05, 0) is 36.3 Å². The maximum Gasteiger partial charge on any atom is 0.192 e. The van der Waals surface area contributed by atoms with Crippen molar-refractivity contribution < 1.29 is 9.53 Å². The summed E-state index contributed by atoms with van der Waals surface area (Å²) < 4.78 is 6.24. The smallest absolute Gasteiger partial charge is 0.192 e. The second-order valence-corrected chi connectivity index (χ2v) is 15.9. The fourth-order valence-corrected chi connectivity index (χ4v) is 7.88. The fourth-order valence-electron chi connectivity index (χ4n) is 2.70. The first-order valence-electron chi connectivity index (χ1n) is 9.67. The summed E-state index contributed by atoms with van der Waals surface area (Å²) in [6, 6.07) is 7.61. The van der Waals surface area contributed by atoms with Crippen molar-refractivity contribution in [3.63, 3.8) is 0 Å². The highest BCUT2D eigenvalue weighted by Crippen LogP contribution is 2.22. The molecule has 140 valence electrons. The van der Waals surface area contributed by atoms with E-state index in [2.05, 4.69) is 58.9 Å². The van der Waals surface area contributed by atoms with E-state index in [1.54, 1.807) is 0 Å². The Labute approximate surface area is 153 Å². The number of rotatable bonds is 10. The molecule has 0 aromatic rings. The van der Waals surface area contributed by atoms with Crippen LogP contribution in [0.2, 0.25) is 36.3 Å². The van der Waals surface area contributed by atoms with E-state index in [1.165, 1.54) is 36.3 Å². The van der Waals surface area contributed by atoms with Crippen molar-refractivity contribution in [2.45, 2.75) is 90.6 Å². The molecule has 0 aliphatic rings. The first-order chi connectivity index (χ1) is 11.5. The summed E-state index contributed by atoms with van der Waals surface area (Å²) in [5.74, 6) is 5.70. The van der Waals surface area contributed by atoms with E-state index in [0.29, 0.717) is 6.42 Å². The molecule has 0 fully saturated rings. The molecule has 0 amide bonds. The zero-order chi connectivity index (χ0) is 18.9. The zero-order valence-electron chi connectivity index (χ0n) is 17.0. The Morgan fingerprint density at radius 3 is 1.62 bits per heavy atom. The van der Waals surface area contributed by atoms with Gasteiger partial charge in [0.25, 0.3) is 0 Å². The molecule has 0 aliphatic carbocycles. The van der Waals surface area contributed by atoms with Crippen molar-refractivity contribution in [2.24, 2.45) is 0 Å². The van der Waals surface area contributed by atoms with Crippen molar-refractivity contribution in [3.05, 3.63) is 0 Å². The minimum Gasteiger partial charge on any atom is -0.416 e. The monoisotopic (exact) mass is 368 g/mol. The van der Waals surface area contributed by atoms with Crippen molar-refractivity contribution in [1.82, 2.24) is 0 Å². The van der Waals surface area contributed by atoms with E-state index >= 15 is 0 Å². The number of hydrogen-bond donors (Lipinski definition) is 1. The molecule has 24 heavy (non-hydrogen) atoms. The lowest BCUT2D eigenvalue weighted by Gasteiger charge is -2.27. The van der Waals surface area contributed by atoms with Crippen LogP contribution in [-0.4, -0.2) is 34.7 Å². The van der Waals surface area contributed by atoms with E-state index in [1.807, 2.05) is 0 Å². The van der Waals surface area contributed by atoms with Crippen LogP contribution < -0.4 is 0 Å². The average molecular weight is 369 g/mol. The summed E-state index contributed by atoms with van der Waals surface area (Å²) in [4.78, 5) is 0. The van der Waals surface area contributed by atoms with Crippen molar-refractivity contribution >= 4 is 16.4 Å². The minimum absolute atomic E-state index is 0.108. The average Bonchev–Trinajstić information content (AvgIpc) is 2.64. The van der Waals surface area contributed by atoms with E-state index < -0.39 is 16.4 Å². The highest BCUT2D eigenvalue weighted by atomic mass is 28.4. The third-order valence-electron chi connectivity index (χ3n) is 5.21. The molecule has 2 nitrogen and oxygen atoms in total. The van der Waals surface area contributed by atoms with Gasteiger partial charge < -0.3 is 9.53 Å². The molecule has 0 spiro atoms. The van der Waals surface area contributed by atoms with Gasteiger partial charge in [-0.15, -0.1) is 23.8 Å². The Morgan fingerprint density at radius 1 is 0.833 bits per heavy atom. The highest BCUT2D eigenvalue weighted by Gasteiger charge is 2.28. The van der Waals surface area contributed by atoms with Gasteiger partial charge in [-0.2, -0.15) is 0 Å². The predicted octanol–water partition coefficient (Wildman–Crippen LogP) is 5.45. The molecule has 0 radical (unpaired) electrons. The van der Waals surface area contributed by atoms with E-state index in [0.717, 1.165) is 13.0 Å². The van der Waals surface area contributed by atoms with Crippen LogP contribution in [0.5, 0.6) is 0 Å². The Kier molecular flexibility index (Phi) is 17.1. The largest absolute Gasteiger partial charge is 0.416 e. The zero-order valence-corrected chi connectivity index (χ0v) is 19.0. The summed E-state index contributed by atoms with van der Waals surface area (Å²) in [6.07, 6.45) is 6.14. The number of terminal acetylenes is 1. The van der Waals surface area contributed by atoms with E-state index in [4.69, 9.17) is 16.0 Å². The van der Waals surface area contributed by atoms with Gasteiger partial charge in [-0.3, -0.25) is 0 Å². The van der Waals surface area contributed by atoms with Crippen molar-refractivity contribution in [2.75, 3.05) is 13.2 Å². The van der Waals surface area contributed by atoms with Crippen LogP contribution in [-0.2, 0) is 4.43 Å². The molecule has 0 rings (SSSR count). The lowest BCUT2D eigenvalue weighted by molar-refractivity contribution is 0.305.